The lowest BCUT2D eigenvalue weighted by atomic mass is 9.50. The number of hydrogen-bond donors (Lipinski definition) is 1. The SMILES string of the molecule is CC(NOCC1CO1)[C@H]1CC[C@H]2C3=CC=C4C[C@@H](OC5CCCCO5)CC[C@]4(C)[C@H]3CC[C@]12C. The maximum Gasteiger partial charge on any atom is 0.157 e. The van der Waals surface area contributed by atoms with Gasteiger partial charge in [-0.25, -0.2) is 0 Å². The van der Waals surface area contributed by atoms with Crippen LogP contribution in [-0.4, -0.2) is 44.4 Å². The van der Waals surface area contributed by atoms with E-state index < -0.39 is 0 Å². The first-order valence-electron chi connectivity index (χ1n) is 14.1. The van der Waals surface area contributed by atoms with Crippen LogP contribution in [0.25, 0.3) is 0 Å². The Morgan fingerprint density at radius 2 is 1.91 bits per heavy atom. The molecule has 0 bridgehead atoms. The fourth-order valence-electron chi connectivity index (χ4n) is 8.50. The summed E-state index contributed by atoms with van der Waals surface area (Å²) in [6.07, 6.45) is 18.0. The highest BCUT2D eigenvalue weighted by Gasteiger charge is 2.57. The van der Waals surface area contributed by atoms with Gasteiger partial charge in [0.1, 0.15) is 6.10 Å². The molecule has 6 aliphatic rings. The van der Waals surface area contributed by atoms with E-state index in [1.807, 2.05) is 0 Å². The summed E-state index contributed by atoms with van der Waals surface area (Å²) >= 11 is 0. The minimum Gasteiger partial charge on any atom is -0.371 e. The molecule has 0 radical (unpaired) electrons. The van der Waals surface area contributed by atoms with E-state index in [-0.39, 0.29) is 6.29 Å². The second-order valence-electron chi connectivity index (χ2n) is 12.6. The van der Waals surface area contributed by atoms with E-state index in [4.69, 9.17) is 19.0 Å². The van der Waals surface area contributed by atoms with Crippen molar-refractivity contribution in [2.24, 2.45) is 28.6 Å². The molecule has 6 rings (SSSR count). The van der Waals surface area contributed by atoms with E-state index in [9.17, 15) is 0 Å². The van der Waals surface area contributed by atoms with Crippen molar-refractivity contribution in [2.45, 2.75) is 110 Å². The van der Waals surface area contributed by atoms with Gasteiger partial charge in [-0.05, 0) is 99.7 Å². The maximum absolute atomic E-state index is 6.43. The smallest absolute Gasteiger partial charge is 0.157 e. The summed E-state index contributed by atoms with van der Waals surface area (Å²) in [6.45, 7) is 9.85. The average Bonchev–Trinajstić information content (AvgIpc) is 3.59. The fraction of sp³-hybridized carbons (Fsp3) is 0.862. The van der Waals surface area contributed by atoms with Crippen LogP contribution in [0.5, 0.6) is 0 Å². The number of hydroxylamine groups is 1. The van der Waals surface area contributed by atoms with Gasteiger partial charge in [0, 0.05) is 12.6 Å². The summed E-state index contributed by atoms with van der Waals surface area (Å²) in [4.78, 5) is 5.79. The van der Waals surface area contributed by atoms with Gasteiger partial charge in [0.15, 0.2) is 6.29 Å². The van der Waals surface area contributed by atoms with Gasteiger partial charge in [-0.3, -0.25) is 4.84 Å². The Labute approximate surface area is 206 Å². The van der Waals surface area contributed by atoms with E-state index in [0.717, 1.165) is 26.1 Å². The van der Waals surface area contributed by atoms with Gasteiger partial charge in [0.05, 0.1) is 19.3 Å². The molecular weight excluding hydrogens is 426 g/mol. The number of fused-ring (bicyclic) bond motifs is 5. The topological polar surface area (TPSA) is 52.2 Å². The molecular formula is C29H45NO4. The van der Waals surface area contributed by atoms with Crippen molar-refractivity contribution in [1.29, 1.82) is 0 Å². The lowest BCUT2D eigenvalue weighted by Crippen LogP contribution is -2.49. The van der Waals surface area contributed by atoms with Gasteiger partial charge in [-0.15, -0.1) is 0 Å². The number of ether oxygens (including phenoxy) is 3. The Morgan fingerprint density at radius 3 is 2.71 bits per heavy atom. The molecule has 0 aromatic carbocycles. The highest BCUT2D eigenvalue weighted by molar-refractivity contribution is 5.39. The Hall–Kier alpha value is -0.720. The highest BCUT2D eigenvalue weighted by Crippen LogP contribution is 2.65. The van der Waals surface area contributed by atoms with Crippen molar-refractivity contribution in [3.05, 3.63) is 23.3 Å². The Morgan fingerprint density at radius 1 is 1.03 bits per heavy atom. The molecule has 0 aromatic rings. The van der Waals surface area contributed by atoms with Crippen molar-refractivity contribution in [2.75, 3.05) is 19.8 Å². The number of allylic oxidation sites excluding steroid dienone is 3. The summed E-state index contributed by atoms with van der Waals surface area (Å²) in [5.74, 6) is 2.09. The van der Waals surface area contributed by atoms with Crippen LogP contribution in [0.3, 0.4) is 0 Å². The third-order valence-electron chi connectivity index (χ3n) is 10.6. The third-order valence-corrected chi connectivity index (χ3v) is 10.6. The molecule has 9 atom stereocenters. The molecule has 4 aliphatic carbocycles. The van der Waals surface area contributed by atoms with Crippen molar-refractivity contribution >= 4 is 0 Å². The zero-order valence-corrected chi connectivity index (χ0v) is 21.5. The highest BCUT2D eigenvalue weighted by atomic mass is 16.7. The monoisotopic (exact) mass is 471 g/mol. The second kappa shape index (κ2) is 9.30. The fourth-order valence-corrected chi connectivity index (χ4v) is 8.50. The van der Waals surface area contributed by atoms with E-state index >= 15 is 0 Å². The second-order valence-corrected chi connectivity index (χ2v) is 12.6. The molecule has 0 aromatic heterocycles. The van der Waals surface area contributed by atoms with Crippen LogP contribution in [-0.2, 0) is 19.0 Å². The normalized spacial score (nSPS) is 46.6. The largest absolute Gasteiger partial charge is 0.371 e. The molecule has 190 valence electrons. The van der Waals surface area contributed by atoms with Crippen LogP contribution < -0.4 is 5.48 Å². The Bertz CT molecular complexity index is 815. The van der Waals surface area contributed by atoms with Gasteiger partial charge in [-0.2, -0.15) is 5.48 Å². The molecule has 0 spiro atoms. The molecule has 1 N–H and O–H groups in total. The predicted molar refractivity (Wildman–Crippen MR) is 132 cm³/mol. The van der Waals surface area contributed by atoms with E-state index in [2.05, 4.69) is 38.4 Å². The van der Waals surface area contributed by atoms with Crippen LogP contribution in [0.2, 0.25) is 0 Å². The Kier molecular flexibility index (Phi) is 6.47. The molecule has 5 nitrogen and oxygen atoms in total. The van der Waals surface area contributed by atoms with E-state index in [1.54, 1.807) is 11.1 Å². The van der Waals surface area contributed by atoms with Gasteiger partial charge >= 0.3 is 0 Å². The molecule has 2 saturated heterocycles. The standard InChI is InChI=1S/C29H45NO4/c1-19(30-33-18-22-17-32-22)24-9-10-25-23-8-7-20-16-21(34-27-6-4-5-15-31-27)11-13-28(20,2)26(23)12-14-29(24,25)3/h7-8,19,21-22,24-27,30H,4-6,9-18H2,1-3H3/t19?,21-,22?,24+,25-,26-,27?,28-,29+/m0/s1. The van der Waals surface area contributed by atoms with Crippen molar-refractivity contribution in [1.82, 2.24) is 5.48 Å². The minimum absolute atomic E-state index is 0.0283. The van der Waals surface area contributed by atoms with Crippen LogP contribution in [0.4, 0.5) is 0 Å². The van der Waals surface area contributed by atoms with Gasteiger partial charge < -0.3 is 14.2 Å². The lowest BCUT2D eigenvalue weighted by Gasteiger charge is -2.55. The minimum atomic E-state index is 0.0283. The van der Waals surface area contributed by atoms with E-state index in [0.29, 0.717) is 53.4 Å². The zero-order chi connectivity index (χ0) is 23.3. The zero-order valence-electron chi connectivity index (χ0n) is 21.5. The van der Waals surface area contributed by atoms with Crippen LogP contribution >= 0.6 is 0 Å². The summed E-state index contributed by atoms with van der Waals surface area (Å²) in [6, 6.07) is 0.380. The average molecular weight is 472 g/mol. The summed E-state index contributed by atoms with van der Waals surface area (Å²) < 4.78 is 17.6. The van der Waals surface area contributed by atoms with E-state index in [1.165, 1.54) is 51.4 Å². The molecule has 3 saturated carbocycles. The number of epoxide rings is 1. The number of rotatable bonds is 7. The predicted octanol–water partition coefficient (Wildman–Crippen LogP) is 5.71. The molecule has 5 fully saturated rings. The first kappa shape index (κ1) is 23.7. The molecule has 0 amide bonds. The summed E-state index contributed by atoms with van der Waals surface area (Å²) in [5, 5.41) is 0. The summed E-state index contributed by atoms with van der Waals surface area (Å²) in [5.41, 5.74) is 7.46. The number of hydrogen-bond acceptors (Lipinski definition) is 5. The molecule has 2 heterocycles. The number of nitrogens with one attached hydrogen (secondary N) is 1. The van der Waals surface area contributed by atoms with Gasteiger partial charge in [0.2, 0.25) is 0 Å². The third kappa shape index (κ3) is 4.24. The molecule has 3 unspecified atom stereocenters. The molecule has 34 heavy (non-hydrogen) atoms. The van der Waals surface area contributed by atoms with Gasteiger partial charge in [-0.1, -0.05) is 37.1 Å². The molecule has 5 heteroatoms. The molecule has 2 aliphatic heterocycles. The van der Waals surface area contributed by atoms with Crippen molar-refractivity contribution in [3.63, 3.8) is 0 Å². The maximum atomic E-state index is 6.43. The van der Waals surface area contributed by atoms with Crippen LogP contribution in [0.1, 0.15) is 85.0 Å². The lowest BCUT2D eigenvalue weighted by molar-refractivity contribution is -0.193. The first-order chi connectivity index (χ1) is 16.5. The Balaban J connectivity index is 1.14. The quantitative estimate of drug-likeness (QED) is 0.381. The first-order valence-corrected chi connectivity index (χ1v) is 14.1. The van der Waals surface area contributed by atoms with Crippen LogP contribution in [0.15, 0.2) is 23.3 Å². The summed E-state index contributed by atoms with van der Waals surface area (Å²) in [7, 11) is 0. The van der Waals surface area contributed by atoms with Crippen molar-refractivity contribution < 1.29 is 19.0 Å². The van der Waals surface area contributed by atoms with Crippen LogP contribution in [0, 0.1) is 28.6 Å². The van der Waals surface area contributed by atoms with Gasteiger partial charge in [0.25, 0.3) is 0 Å². The van der Waals surface area contributed by atoms with Crippen molar-refractivity contribution in [3.8, 4) is 0 Å².